The van der Waals surface area contributed by atoms with Gasteiger partial charge in [-0.1, -0.05) is 12.1 Å². The van der Waals surface area contributed by atoms with Crippen LogP contribution in [0.3, 0.4) is 0 Å². The van der Waals surface area contributed by atoms with Crippen molar-refractivity contribution in [3.05, 3.63) is 24.2 Å². The van der Waals surface area contributed by atoms with Gasteiger partial charge in [0.05, 0.1) is 12.1 Å². The highest BCUT2D eigenvalue weighted by atomic mass is 16.5. The summed E-state index contributed by atoms with van der Waals surface area (Å²) in [6.07, 6.45) is 1.44. The molecule has 0 spiro atoms. The third kappa shape index (κ3) is 2.62. The summed E-state index contributed by atoms with van der Waals surface area (Å²) in [6.45, 7) is 1.56. The molecule has 2 rings (SSSR count). The Balaban J connectivity index is 2.15. The summed E-state index contributed by atoms with van der Waals surface area (Å²) < 4.78 is 4.94. The molecule has 0 aliphatic heterocycles. The predicted octanol–water partition coefficient (Wildman–Crippen LogP) is 1.10. The van der Waals surface area contributed by atoms with Crippen LogP contribution in [-0.2, 0) is 11.2 Å². The van der Waals surface area contributed by atoms with E-state index < -0.39 is 11.9 Å². The van der Waals surface area contributed by atoms with Crippen LogP contribution in [0.25, 0.3) is 11.5 Å². The number of hydrogen-bond acceptors (Lipinski definition) is 6. The molecule has 1 atom stereocenters. The number of aromatic nitrogens is 3. The lowest BCUT2D eigenvalue weighted by atomic mass is 10.1. The van der Waals surface area contributed by atoms with Crippen LogP contribution in [0.5, 0.6) is 5.75 Å². The molecule has 1 unspecified atom stereocenters. The number of carboxylic acid groups (broad SMARTS) is 1. The Hall–Kier alpha value is -2.44. The van der Waals surface area contributed by atoms with Gasteiger partial charge in [-0.2, -0.15) is 4.98 Å². The average molecular weight is 249 g/mol. The minimum atomic E-state index is -0.919. The first-order valence-corrected chi connectivity index (χ1v) is 5.27. The molecule has 2 aromatic rings. The number of rotatable bonds is 4. The van der Waals surface area contributed by atoms with Gasteiger partial charge in [-0.25, -0.2) is 4.98 Å². The van der Waals surface area contributed by atoms with Crippen LogP contribution in [-0.4, -0.2) is 31.3 Å². The van der Waals surface area contributed by atoms with E-state index in [0.717, 1.165) is 0 Å². The van der Waals surface area contributed by atoms with E-state index in [-0.39, 0.29) is 23.9 Å². The number of nitrogens with zero attached hydrogens (tertiary/aromatic N) is 3. The molecule has 7 nitrogen and oxygen atoms in total. The maximum absolute atomic E-state index is 10.7. The Morgan fingerprint density at radius 1 is 1.50 bits per heavy atom. The van der Waals surface area contributed by atoms with Gasteiger partial charge in [0.15, 0.2) is 0 Å². The lowest BCUT2D eigenvalue weighted by Gasteiger charge is -1.99. The third-order valence-electron chi connectivity index (χ3n) is 2.35. The summed E-state index contributed by atoms with van der Waals surface area (Å²) in [5.74, 6) is -0.956. The molecule has 2 aromatic heterocycles. The molecule has 0 aliphatic carbocycles. The second-order valence-electron chi connectivity index (χ2n) is 3.86. The van der Waals surface area contributed by atoms with Crippen LogP contribution in [0.2, 0.25) is 0 Å². The normalized spacial score (nSPS) is 12.3. The minimum absolute atomic E-state index is 0.0435. The van der Waals surface area contributed by atoms with Crippen LogP contribution < -0.4 is 0 Å². The third-order valence-corrected chi connectivity index (χ3v) is 2.35. The SMILES string of the molecule is CC(Cc1nc(-c2ccc(O)cn2)no1)C(=O)O. The molecule has 0 fully saturated rings. The van der Waals surface area contributed by atoms with Gasteiger partial charge in [0, 0.05) is 6.42 Å². The van der Waals surface area contributed by atoms with E-state index in [0.29, 0.717) is 5.69 Å². The van der Waals surface area contributed by atoms with Gasteiger partial charge in [-0.3, -0.25) is 4.79 Å². The quantitative estimate of drug-likeness (QED) is 0.834. The van der Waals surface area contributed by atoms with Crippen molar-refractivity contribution < 1.29 is 19.5 Å². The molecule has 0 saturated heterocycles. The molecule has 0 radical (unpaired) electrons. The molecule has 0 amide bonds. The van der Waals surface area contributed by atoms with Gasteiger partial charge in [-0.15, -0.1) is 0 Å². The summed E-state index contributed by atoms with van der Waals surface area (Å²) >= 11 is 0. The van der Waals surface area contributed by atoms with Crippen molar-refractivity contribution in [1.82, 2.24) is 15.1 Å². The van der Waals surface area contributed by atoms with Gasteiger partial charge >= 0.3 is 5.97 Å². The summed E-state index contributed by atoms with van der Waals surface area (Å²) in [4.78, 5) is 18.7. The van der Waals surface area contributed by atoms with Crippen molar-refractivity contribution >= 4 is 5.97 Å². The Morgan fingerprint density at radius 2 is 2.28 bits per heavy atom. The molecule has 0 saturated carbocycles. The van der Waals surface area contributed by atoms with Gasteiger partial charge < -0.3 is 14.7 Å². The van der Waals surface area contributed by atoms with Crippen molar-refractivity contribution in [3.63, 3.8) is 0 Å². The maximum atomic E-state index is 10.7. The summed E-state index contributed by atoms with van der Waals surface area (Å²) in [5, 5.41) is 21.6. The van der Waals surface area contributed by atoms with Gasteiger partial charge in [0.2, 0.25) is 11.7 Å². The first-order valence-electron chi connectivity index (χ1n) is 5.27. The van der Waals surface area contributed by atoms with E-state index in [1.165, 1.54) is 12.3 Å². The molecule has 0 bridgehead atoms. The number of carbonyl (C=O) groups is 1. The summed E-state index contributed by atoms with van der Waals surface area (Å²) in [7, 11) is 0. The van der Waals surface area contributed by atoms with Crippen LogP contribution in [0.4, 0.5) is 0 Å². The first kappa shape index (κ1) is 12.0. The highest BCUT2D eigenvalue weighted by Gasteiger charge is 2.17. The fraction of sp³-hybridized carbons (Fsp3) is 0.273. The second kappa shape index (κ2) is 4.82. The molecule has 0 aromatic carbocycles. The monoisotopic (exact) mass is 249 g/mol. The van der Waals surface area contributed by atoms with E-state index in [1.807, 2.05) is 0 Å². The minimum Gasteiger partial charge on any atom is -0.506 e. The number of hydrogen-bond donors (Lipinski definition) is 2. The van der Waals surface area contributed by atoms with Crippen molar-refractivity contribution in [1.29, 1.82) is 0 Å². The Labute approximate surface area is 102 Å². The second-order valence-corrected chi connectivity index (χ2v) is 3.86. The smallest absolute Gasteiger partial charge is 0.306 e. The molecule has 7 heteroatoms. The topological polar surface area (TPSA) is 109 Å². The highest BCUT2D eigenvalue weighted by molar-refractivity contribution is 5.69. The molecular weight excluding hydrogens is 238 g/mol. The van der Waals surface area contributed by atoms with Crippen molar-refractivity contribution in [2.75, 3.05) is 0 Å². The van der Waals surface area contributed by atoms with Crippen molar-refractivity contribution in [2.45, 2.75) is 13.3 Å². The van der Waals surface area contributed by atoms with Crippen molar-refractivity contribution in [2.24, 2.45) is 5.92 Å². The number of carboxylic acids is 1. The Bertz CT molecular complexity index is 550. The van der Waals surface area contributed by atoms with E-state index >= 15 is 0 Å². The highest BCUT2D eigenvalue weighted by Crippen LogP contribution is 2.16. The molecule has 94 valence electrons. The lowest BCUT2D eigenvalue weighted by Crippen LogP contribution is -2.12. The van der Waals surface area contributed by atoms with Crippen molar-refractivity contribution in [3.8, 4) is 17.3 Å². The summed E-state index contributed by atoms with van der Waals surface area (Å²) in [5.41, 5.74) is 0.450. The van der Waals surface area contributed by atoms with Gasteiger partial charge in [0.25, 0.3) is 0 Å². The van der Waals surface area contributed by atoms with E-state index in [9.17, 15) is 4.79 Å². The van der Waals surface area contributed by atoms with Crippen LogP contribution in [0, 0.1) is 5.92 Å². The number of pyridine rings is 1. The fourth-order valence-electron chi connectivity index (χ4n) is 1.31. The predicted molar refractivity (Wildman–Crippen MR) is 59.7 cm³/mol. The maximum Gasteiger partial charge on any atom is 0.306 e. The fourth-order valence-corrected chi connectivity index (χ4v) is 1.31. The molecular formula is C11H11N3O4. The lowest BCUT2D eigenvalue weighted by molar-refractivity contribution is -0.141. The van der Waals surface area contributed by atoms with E-state index in [4.69, 9.17) is 14.7 Å². The molecule has 18 heavy (non-hydrogen) atoms. The zero-order valence-electron chi connectivity index (χ0n) is 9.57. The zero-order chi connectivity index (χ0) is 13.1. The molecule has 0 aliphatic rings. The zero-order valence-corrected chi connectivity index (χ0v) is 9.57. The van der Waals surface area contributed by atoms with Crippen LogP contribution in [0.1, 0.15) is 12.8 Å². The average Bonchev–Trinajstić information content (AvgIpc) is 2.78. The Morgan fingerprint density at radius 3 is 2.89 bits per heavy atom. The van der Waals surface area contributed by atoms with Gasteiger partial charge in [-0.05, 0) is 12.1 Å². The van der Waals surface area contributed by atoms with E-state index in [1.54, 1.807) is 13.0 Å². The number of aromatic hydroxyl groups is 1. The van der Waals surface area contributed by atoms with E-state index in [2.05, 4.69) is 15.1 Å². The Kier molecular flexibility index (Phi) is 3.22. The first-order chi connectivity index (χ1) is 8.56. The largest absolute Gasteiger partial charge is 0.506 e. The van der Waals surface area contributed by atoms with Crippen LogP contribution >= 0.6 is 0 Å². The van der Waals surface area contributed by atoms with Crippen LogP contribution in [0.15, 0.2) is 22.9 Å². The van der Waals surface area contributed by atoms with Gasteiger partial charge in [0.1, 0.15) is 11.4 Å². The standard InChI is InChI=1S/C11H11N3O4/c1-6(11(16)17)4-9-13-10(14-18-9)8-3-2-7(15)5-12-8/h2-3,5-6,15H,4H2,1H3,(H,16,17). The summed E-state index contributed by atoms with van der Waals surface area (Å²) in [6, 6.07) is 3.00. The molecule has 2 heterocycles. The molecule has 2 N–H and O–H groups in total. The number of aliphatic carboxylic acids is 1.